The largest absolute Gasteiger partial charge is 0.399 e. The van der Waals surface area contributed by atoms with Gasteiger partial charge in [-0.2, -0.15) is 0 Å². The highest BCUT2D eigenvalue weighted by Gasteiger charge is 2.12. The van der Waals surface area contributed by atoms with E-state index in [1.165, 1.54) is 6.20 Å². The van der Waals surface area contributed by atoms with Crippen molar-refractivity contribution in [2.45, 2.75) is 5.75 Å². The number of benzene rings is 1. The summed E-state index contributed by atoms with van der Waals surface area (Å²) in [5.41, 5.74) is 7.22. The number of nitrogen functional groups attached to an aromatic ring is 1. The fraction of sp³-hybridized carbons (Fsp3) is 0.0833. The van der Waals surface area contributed by atoms with E-state index < -0.39 is 10.0 Å². The van der Waals surface area contributed by atoms with Crippen molar-refractivity contribution in [3.8, 4) is 0 Å². The Balaban J connectivity index is 2.13. The molecule has 0 aliphatic heterocycles. The average molecular weight is 342 g/mol. The van der Waals surface area contributed by atoms with Crippen LogP contribution >= 0.6 is 15.9 Å². The lowest BCUT2D eigenvalue weighted by atomic mass is 10.2. The van der Waals surface area contributed by atoms with Gasteiger partial charge in [0.05, 0.1) is 17.6 Å². The van der Waals surface area contributed by atoms with Crippen LogP contribution in [0.15, 0.2) is 47.2 Å². The number of nitrogens with zero attached hydrogens (tertiary/aromatic N) is 1. The van der Waals surface area contributed by atoms with Crippen LogP contribution in [0, 0.1) is 0 Å². The zero-order valence-corrected chi connectivity index (χ0v) is 12.3. The van der Waals surface area contributed by atoms with Crippen molar-refractivity contribution in [3.05, 3.63) is 52.8 Å². The molecule has 1 heterocycles. The second kappa shape index (κ2) is 5.58. The average Bonchev–Trinajstić information content (AvgIpc) is 2.31. The van der Waals surface area contributed by atoms with E-state index in [0.717, 1.165) is 0 Å². The van der Waals surface area contributed by atoms with E-state index in [2.05, 4.69) is 25.6 Å². The minimum atomic E-state index is -3.48. The molecule has 0 saturated heterocycles. The summed E-state index contributed by atoms with van der Waals surface area (Å²) in [6, 6.07) is 10.1. The van der Waals surface area contributed by atoms with Gasteiger partial charge in [-0.25, -0.2) is 13.4 Å². The predicted octanol–water partition coefficient (Wildman–Crippen LogP) is 2.37. The van der Waals surface area contributed by atoms with Crippen LogP contribution in [0.2, 0.25) is 0 Å². The van der Waals surface area contributed by atoms with E-state index in [1.54, 1.807) is 36.4 Å². The number of nitrogens with one attached hydrogen (secondary N) is 1. The maximum atomic E-state index is 12.0. The Labute approximate surface area is 120 Å². The zero-order chi connectivity index (χ0) is 13.9. The monoisotopic (exact) mass is 341 g/mol. The molecule has 0 fully saturated rings. The summed E-state index contributed by atoms with van der Waals surface area (Å²) in [4.78, 5) is 3.95. The first-order chi connectivity index (χ1) is 8.94. The summed E-state index contributed by atoms with van der Waals surface area (Å²) >= 11 is 3.18. The maximum absolute atomic E-state index is 12.0. The topological polar surface area (TPSA) is 85.1 Å². The van der Waals surface area contributed by atoms with Crippen LogP contribution in [-0.4, -0.2) is 13.4 Å². The highest BCUT2D eigenvalue weighted by atomic mass is 79.9. The normalized spacial score (nSPS) is 11.2. The quantitative estimate of drug-likeness (QED) is 0.660. The Morgan fingerprint density at radius 3 is 2.68 bits per heavy atom. The number of pyridine rings is 1. The molecule has 2 aromatic rings. The van der Waals surface area contributed by atoms with Crippen molar-refractivity contribution in [3.63, 3.8) is 0 Å². The molecule has 3 N–H and O–H groups in total. The SMILES string of the molecule is Nc1cccc(CS(=O)(=O)Nc2ccc(Br)nc2)c1. The van der Waals surface area contributed by atoms with Crippen LogP contribution in [0.1, 0.15) is 5.56 Å². The molecule has 100 valence electrons. The molecular formula is C12H12BrN3O2S. The Hall–Kier alpha value is -1.60. The lowest BCUT2D eigenvalue weighted by molar-refractivity contribution is 0.600. The van der Waals surface area contributed by atoms with Gasteiger partial charge >= 0.3 is 0 Å². The molecule has 5 nitrogen and oxygen atoms in total. The molecule has 1 aromatic carbocycles. The van der Waals surface area contributed by atoms with Gasteiger partial charge in [-0.1, -0.05) is 12.1 Å². The van der Waals surface area contributed by atoms with Crippen molar-refractivity contribution in [1.29, 1.82) is 0 Å². The lowest BCUT2D eigenvalue weighted by Gasteiger charge is -2.08. The molecule has 19 heavy (non-hydrogen) atoms. The van der Waals surface area contributed by atoms with Crippen molar-refractivity contribution in [2.75, 3.05) is 10.5 Å². The van der Waals surface area contributed by atoms with Crippen molar-refractivity contribution < 1.29 is 8.42 Å². The molecule has 0 aliphatic rings. The molecule has 0 saturated carbocycles. The van der Waals surface area contributed by atoms with E-state index in [4.69, 9.17) is 5.73 Å². The van der Waals surface area contributed by atoms with Crippen LogP contribution in [0.3, 0.4) is 0 Å². The maximum Gasteiger partial charge on any atom is 0.236 e. The summed E-state index contributed by atoms with van der Waals surface area (Å²) in [5.74, 6) is -0.131. The minimum absolute atomic E-state index is 0.131. The number of rotatable bonds is 4. The van der Waals surface area contributed by atoms with Crippen molar-refractivity contribution in [1.82, 2.24) is 4.98 Å². The second-order valence-electron chi connectivity index (χ2n) is 3.98. The molecule has 0 unspecified atom stereocenters. The van der Waals surface area contributed by atoms with Gasteiger partial charge in [-0.3, -0.25) is 4.72 Å². The lowest BCUT2D eigenvalue weighted by Crippen LogP contribution is -2.15. The minimum Gasteiger partial charge on any atom is -0.399 e. The van der Waals surface area contributed by atoms with Gasteiger partial charge in [0.15, 0.2) is 0 Å². The number of sulfonamides is 1. The molecule has 0 atom stereocenters. The first-order valence-electron chi connectivity index (χ1n) is 5.41. The fourth-order valence-electron chi connectivity index (χ4n) is 1.55. The molecule has 0 radical (unpaired) electrons. The molecule has 0 amide bonds. The number of hydrogen-bond donors (Lipinski definition) is 2. The Morgan fingerprint density at radius 1 is 1.26 bits per heavy atom. The van der Waals surface area contributed by atoms with Gasteiger partial charge in [-0.05, 0) is 45.8 Å². The summed E-state index contributed by atoms with van der Waals surface area (Å²) in [7, 11) is -3.48. The summed E-state index contributed by atoms with van der Waals surface area (Å²) < 4.78 is 27.1. The Kier molecular flexibility index (Phi) is 4.06. The third-order valence-corrected chi connectivity index (χ3v) is 4.04. The van der Waals surface area contributed by atoms with Gasteiger partial charge in [0.2, 0.25) is 10.0 Å². The van der Waals surface area contributed by atoms with Crippen LogP contribution in [0.25, 0.3) is 0 Å². The zero-order valence-electron chi connectivity index (χ0n) is 9.88. The van der Waals surface area contributed by atoms with Crippen LogP contribution in [0.4, 0.5) is 11.4 Å². The van der Waals surface area contributed by atoms with Gasteiger partial charge < -0.3 is 5.73 Å². The van der Waals surface area contributed by atoms with E-state index in [9.17, 15) is 8.42 Å². The third-order valence-electron chi connectivity index (χ3n) is 2.31. The molecule has 7 heteroatoms. The van der Waals surface area contributed by atoms with E-state index in [1.807, 2.05) is 0 Å². The molecule has 0 spiro atoms. The smallest absolute Gasteiger partial charge is 0.236 e. The van der Waals surface area contributed by atoms with Gasteiger partial charge in [0.25, 0.3) is 0 Å². The van der Waals surface area contributed by atoms with Crippen LogP contribution in [-0.2, 0) is 15.8 Å². The van der Waals surface area contributed by atoms with Gasteiger partial charge in [-0.15, -0.1) is 0 Å². The van der Waals surface area contributed by atoms with Gasteiger partial charge in [0, 0.05) is 5.69 Å². The summed E-state index contributed by atoms with van der Waals surface area (Å²) in [6.07, 6.45) is 1.45. The van der Waals surface area contributed by atoms with E-state index in [0.29, 0.717) is 21.5 Å². The molecule has 2 rings (SSSR count). The molecule has 0 bridgehead atoms. The second-order valence-corrected chi connectivity index (χ2v) is 6.51. The van der Waals surface area contributed by atoms with E-state index >= 15 is 0 Å². The highest BCUT2D eigenvalue weighted by molar-refractivity contribution is 9.10. The first kappa shape index (κ1) is 13.8. The number of halogens is 1. The number of anilines is 2. The number of nitrogens with two attached hydrogens (primary N) is 1. The summed E-state index contributed by atoms with van der Waals surface area (Å²) in [6.45, 7) is 0. The summed E-state index contributed by atoms with van der Waals surface area (Å²) in [5, 5.41) is 0. The molecular weight excluding hydrogens is 330 g/mol. The first-order valence-corrected chi connectivity index (χ1v) is 7.86. The number of hydrogen-bond acceptors (Lipinski definition) is 4. The number of aromatic nitrogens is 1. The predicted molar refractivity (Wildman–Crippen MR) is 79.0 cm³/mol. The fourth-order valence-corrected chi connectivity index (χ4v) is 2.96. The third kappa shape index (κ3) is 4.22. The van der Waals surface area contributed by atoms with Gasteiger partial charge in [0.1, 0.15) is 4.60 Å². The Bertz CT molecular complexity index is 672. The highest BCUT2D eigenvalue weighted by Crippen LogP contribution is 2.15. The standard InChI is InChI=1S/C12H12BrN3O2S/c13-12-5-4-11(7-15-12)16-19(17,18)8-9-2-1-3-10(14)6-9/h1-7,16H,8,14H2. The van der Waals surface area contributed by atoms with Crippen LogP contribution in [0.5, 0.6) is 0 Å². The molecule has 1 aromatic heterocycles. The Morgan fingerprint density at radius 2 is 2.05 bits per heavy atom. The van der Waals surface area contributed by atoms with E-state index in [-0.39, 0.29) is 5.75 Å². The van der Waals surface area contributed by atoms with Crippen molar-refractivity contribution >= 4 is 37.3 Å². The molecule has 0 aliphatic carbocycles. The van der Waals surface area contributed by atoms with Crippen LogP contribution < -0.4 is 10.5 Å². The van der Waals surface area contributed by atoms with Crippen molar-refractivity contribution in [2.24, 2.45) is 0 Å².